The minimum atomic E-state index is -3.20. The second kappa shape index (κ2) is 18.7. The largest absolute Gasteiger partial charge is 0.326 e. The Labute approximate surface area is 163 Å². The summed E-state index contributed by atoms with van der Waals surface area (Å²) >= 11 is 0. The number of hydrogen-bond acceptors (Lipinski definition) is 3. The molecule has 7 heteroatoms. The van der Waals surface area contributed by atoms with Gasteiger partial charge in [0.2, 0.25) is 0 Å². The Hall–Kier alpha value is 0.340. The lowest BCUT2D eigenvalue weighted by atomic mass is 9.65. The molecule has 0 saturated heterocycles. The average Bonchev–Trinajstić information content (AvgIpc) is 2.58. The third-order valence-electron chi connectivity index (χ3n) is 5.30. The highest BCUT2D eigenvalue weighted by Gasteiger charge is 2.33. The summed E-state index contributed by atoms with van der Waals surface area (Å²) in [4.78, 5) is 15.4. The van der Waals surface area contributed by atoms with Gasteiger partial charge in [0.15, 0.2) is 0 Å². The molecular formula is C19H44O5P2. The fourth-order valence-electron chi connectivity index (χ4n) is 3.59. The van der Waals surface area contributed by atoms with Crippen molar-refractivity contribution in [3.63, 3.8) is 0 Å². The SMILES string of the molecule is CCCCC(C)C(CCCC)(CCCC)CCCC.O=[PH](O)O[PH](=O)O. The zero-order chi connectivity index (χ0) is 20.4. The van der Waals surface area contributed by atoms with E-state index in [0.29, 0.717) is 5.41 Å². The predicted molar refractivity (Wildman–Crippen MR) is 113 cm³/mol. The molecule has 3 unspecified atom stereocenters. The standard InChI is InChI=1S/C19H40.H4O5P2/c1-6-10-14-18(5)19(15-11-7-2,16-12-8-3)17-13-9-4;1-6(2)5-7(3)4/h18H,6-17H2,1-5H3;6-7H,(H,1,2)(H,3,4). The van der Waals surface area contributed by atoms with Crippen LogP contribution in [0.4, 0.5) is 0 Å². The summed E-state index contributed by atoms with van der Waals surface area (Å²) < 4.78 is 22.3. The van der Waals surface area contributed by atoms with E-state index in [2.05, 4.69) is 38.9 Å². The van der Waals surface area contributed by atoms with Crippen molar-refractivity contribution in [1.82, 2.24) is 0 Å². The van der Waals surface area contributed by atoms with Crippen LogP contribution in [-0.2, 0) is 13.4 Å². The molecule has 0 amide bonds. The Bertz CT molecular complexity index is 330. The van der Waals surface area contributed by atoms with E-state index in [1.165, 1.54) is 77.0 Å². The van der Waals surface area contributed by atoms with Crippen LogP contribution in [0.1, 0.15) is 112 Å². The van der Waals surface area contributed by atoms with Gasteiger partial charge in [-0.05, 0) is 30.6 Å². The van der Waals surface area contributed by atoms with E-state index in [9.17, 15) is 9.13 Å². The highest BCUT2D eigenvalue weighted by Crippen LogP contribution is 2.45. The zero-order valence-corrected chi connectivity index (χ0v) is 19.7. The first-order chi connectivity index (χ1) is 12.3. The Morgan fingerprint density at radius 2 is 1.12 bits per heavy atom. The van der Waals surface area contributed by atoms with Crippen LogP contribution in [0.3, 0.4) is 0 Å². The van der Waals surface area contributed by atoms with Crippen LogP contribution in [0, 0.1) is 11.3 Å². The van der Waals surface area contributed by atoms with E-state index in [4.69, 9.17) is 9.79 Å². The van der Waals surface area contributed by atoms with Gasteiger partial charge in [-0.15, -0.1) is 0 Å². The molecule has 0 aliphatic rings. The van der Waals surface area contributed by atoms with Crippen molar-refractivity contribution in [2.75, 3.05) is 0 Å². The van der Waals surface area contributed by atoms with Gasteiger partial charge < -0.3 is 9.79 Å². The van der Waals surface area contributed by atoms with Crippen molar-refractivity contribution in [1.29, 1.82) is 0 Å². The maximum atomic E-state index is 9.44. The lowest BCUT2D eigenvalue weighted by Crippen LogP contribution is -2.29. The van der Waals surface area contributed by atoms with Gasteiger partial charge >= 0.3 is 16.5 Å². The molecule has 3 atom stereocenters. The predicted octanol–water partition coefficient (Wildman–Crippen LogP) is 7.14. The summed E-state index contributed by atoms with van der Waals surface area (Å²) in [5.74, 6) is 0.928. The smallest absolute Gasteiger partial charge is 0.323 e. The Morgan fingerprint density at radius 1 is 0.769 bits per heavy atom. The normalized spacial score (nSPS) is 15.0. The van der Waals surface area contributed by atoms with E-state index < -0.39 is 16.5 Å². The van der Waals surface area contributed by atoms with E-state index in [1.807, 2.05) is 0 Å². The zero-order valence-electron chi connectivity index (χ0n) is 17.7. The van der Waals surface area contributed by atoms with Gasteiger partial charge in [-0.3, -0.25) is 9.13 Å². The summed E-state index contributed by atoms with van der Waals surface area (Å²) in [5, 5.41) is 0. The van der Waals surface area contributed by atoms with Crippen LogP contribution >= 0.6 is 16.5 Å². The van der Waals surface area contributed by atoms with E-state index in [-0.39, 0.29) is 0 Å². The average molecular weight is 415 g/mol. The highest BCUT2D eigenvalue weighted by atomic mass is 31.2. The van der Waals surface area contributed by atoms with Crippen molar-refractivity contribution in [2.24, 2.45) is 11.3 Å². The summed E-state index contributed by atoms with van der Waals surface area (Å²) in [6, 6.07) is 0. The molecule has 0 saturated carbocycles. The monoisotopic (exact) mass is 414 g/mol. The molecule has 0 heterocycles. The quantitative estimate of drug-likeness (QED) is 0.278. The third kappa shape index (κ3) is 15.4. The Morgan fingerprint density at radius 3 is 1.35 bits per heavy atom. The number of hydrogen-bond donors (Lipinski definition) is 2. The minimum Gasteiger partial charge on any atom is -0.326 e. The lowest BCUT2D eigenvalue weighted by Gasteiger charge is -2.40. The highest BCUT2D eigenvalue weighted by molar-refractivity contribution is 7.46. The molecule has 2 N–H and O–H groups in total. The van der Waals surface area contributed by atoms with Crippen LogP contribution in [0.15, 0.2) is 0 Å². The maximum Gasteiger partial charge on any atom is 0.323 e. The molecule has 5 nitrogen and oxygen atoms in total. The molecule has 0 bridgehead atoms. The van der Waals surface area contributed by atoms with Crippen LogP contribution in [-0.4, -0.2) is 9.79 Å². The van der Waals surface area contributed by atoms with Gasteiger partial charge in [0, 0.05) is 0 Å². The molecule has 0 fully saturated rings. The van der Waals surface area contributed by atoms with Gasteiger partial charge in [-0.2, -0.15) is 0 Å². The molecule has 0 aromatic rings. The number of unbranched alkanes of at least 4 members (excludes halogenated alkanes) is 4. The second-order valence-electron chi connectivity index (χ2n) is 7.35. The van der Waals surface area contributed by atoms with Crippen molar-refractivity contribution < 1.29 is 23.2 Å². The molecule has 0 radical (unpaired) electrons. The second-order valence-corrected chi connectivity index (χ2v) is 9.23. The first-order valence-electron chi connectivity index (χ1n) is 10.4. The van der Waals surface area contributed by atoms with Gasteiger partial charge in [0.05, 0.1) is 0 Å². The van der Waals surface area contributed by atoms with Crippen LogP contribution in [0.2, 0.25) is 0 Å². The molecule has 0 aromatic heterocycles. The van der Waals surface area contributed by atoms with Crippen LogP contribution < -0.4 is 0 Å². The van der Waals surface area contributed by atoms with Gasteiger partial charge in [0.25, 0.3) is 0 Å². The molecule has 160 valence electrons. The Kier molecular flexibility index (Phi) is 20.5. The van der Waals surface area contributed by atoms with Crippen LogP contribution in [0.5, 0.6) is 0 Å². The lowest BCUT2D eigenvalue weighted by molar-refractivity contribution is 0.105. The summed E-state index contributed by atoms with van der Waals surface area (Å²) in [6.45, 7) is 11.9. The molecule has 0 aliphatic heterocycles. The summed E-state index contributed by atoms with van der Waals surface area (Å²) in [5.41, 5.74) is 0.664. The maximum absolute atomic E-state index is 9.44. The first kappa shape index (κ1) is 28.5. The minimum absolute atomic E-state index is 0.664. The summed E-state index contributed by atoms with van der Waals surface area (Å²) in [7, 11) is -6.40. The fraction of sp³-hybridized carbons (Fsp3) is 1.00. The molecular weight excluding hydrogens is 370 g/mol. The molecule has 0 rings (SSSR count). The van der Waals surface area contributed by atoms with Crippen molar-refractivity contribution >= 4 is 16.5 Å². The van der Waals surface area contributed by atoms with Crippen molar-refractivity contribution in [2.45, 2.75) is 112 Å². The topological polar surface area (TPSA) is 83.8 Å². The number of rotatable bonds is 15. The molecule has 26 heavy (non-hydrogen) atoms. The third-order valence-corrected chi connectivity index (χ3v) is 6.69. The molecule has 0 spiro atoms. The van der Waals surface area contributed by atoms with Crippen LogP contribution in [0.25, 0.3) is 0 Å². The summed E-state index contributed by atoms with van der Waals surface area (Å²) in [6.07, 6.45) is 17.1. The fourth-order valence-corrected chi connectivity index (χ4v) is 4.19. The Balaban J connectivity index is 0. The molecule has 0 aromatic carbocycles. The van der Waals surface area contributed by atoms with Gasteiger partial charge in [-0.25, -0.2) is 4.31 Å². The first-order valence-corrected chi connectivity index (χ1v) is 13.0. The van der Waals surface area contributed by atoms with Crippen molar-refractivity contribution in [3.8, 4) is 0 Å². The van der Waals surface area contributed by atoms with E-state index >= 15 is 0 Å². The van der Waals surface area contributed by atoms with E-state index in [1.54, 1.807) is 0 Å². The van der Waals surface area contributed by atoms with E-state index in [0.717, 1.165) is 5.92 Å². The van der Waals surface area contributed by atoms with Crippen molar-refractivity contribution in [3.05, 3.63) is 0 Å². The van der Waals surface area contributed by atoms with Gasteiger partial charge in [0.1, 0.15) is 0 Å². The molecule has 0 aliphatic carbocycles. The van der Waals surface area contributed by atoms with Gasteiger partial charge in [-0.1, -0.05) is 92.4 Å².